The van der Waals surface area contributed by atoms with Crippen molar-refractivity contribution < 1.29 is 4.79 Å². The van der Waals surface area contributed by atoms with Crippen LogP contribution in [0.5, 0.6) is 0 Å². The minimum absolute atomic E-state index is 0.0314. The van der Waals surface area contributed by atoms with E-state index >= 15 is 0 Å². The van der Waals surface area contributed by atoms with Crippen molar-refractivity contribution in [2.45, 2.75) is 6.54 Å². The summed E-state index contributed by atoms with van der Waals surface area (Å²) in [5.74, 6) is -0.0314. The third-order valence-electron chi connectivity index (χ3n) is 2.54. The zero-order chi connectivity index (χ0) is 12.3. The van der Waals surface area contributed by atoms with Crippen molar-refractivity contribution in [3.8, 4) is 0 Å². The molecule has 2 rings (SSSR count). The molecule has 0 aliphatic carbocycles. The first-order valence-electron chi connectivity index (χ1n) is 5.30. The maximum Gasteiger partial charge on any atom is 0.193 e. The second-order valence-corrected chi connectivity index (χ2v) is 4.18. The van der Waals surface area contributed by atoms with Crippen LogP contribution in [0.1, 0.15) is 21.5 Å². The maximum atomic E-state index is 12.1. The first-order chi connectivity index (χ1) is 8.20. The first-order valence-corrected chi connectivity index (χ1v) is 5.68. The van der Waals surface area contributed by atoms with Gasteiger partial charge in [0, 0.05) is 22.7 Å². The second-order valence-electron chi connectivity index (χ2n) is 3.74. The lowest BCUT2D eigenvalue weighted by Gasteiger charge is -2.03. The summed E-state index contributed by atoms with van der Waals surface area (Å²) in [5, 5.41) is 0.564. The van der Waals surface area contributed by atoms with E-state index in [1.807, 2.05) is 12.1 Å². The van der Waals surface area contributed by atoms with Crippen molar-refractivity contribution in [2.75, 3.05) is 0 Å². The van der Waals surface area contributed by atoms with Gasteiger partial charge in [0.15, 0.2) is 5.78 Å². The van der Waals surface area contributed by atoms with Gasteiger partial charge in [-0.15, -0.1) is 0 Å². The lowest BCUT2D eigenvalue weighted by molar-refractivity contribution is 0.103. The highest BCUT2D eigenvalue weighted by molar-refractivity contribution is 6.31. The van der Waals surface area contributed by atoms with Crippen molar-refractivity contribution in [3.63, 3.8) is 0 Å². The van der Waals surface area contributed by atoms with Crippen LogP contribution in [-0.2, 0) is 6.54 Å². The quantitative estimate of drug-likeness (QED) is 0.845. The van der Waals surface area contributed by atoms with Crippen LogP contribution in [0, 0.1) is 0 Å². The van der Waals surface area contributed by atoms with Gasteiger partial charge in [-0.2, -0.15) is 0 Å². The normalized spacial score (nSPS) is 10.2. The number of ketones is 1. The van der Waals surface area contributed by atoms with E-state index in [9.17, 15) is 4.79 Å². The van der Waals surface area contributed by atoms with E-state index in [2.05, 4.69) is 0 Å². The van der Waals surface area contributed by atoms with E-state index in [1.165, 1.54) is 0 Å². The van der Waals surface area contributed by atoms with Crippen LogP contribution in [0.25, 0.3) is 0 Å². The summed E-state index contributed by atoms with van der Waals surface area (Å²) < 4.78 is 0. The lowest BCUT2D eigenvalue weighted by atomic mass is 10.0. The number of carbonyl (C=O) groups excluding carboxylic acids is 1. The molecule has 3 heteroatoms. The highest BCUT2D eigenvalue weighted by Gasteiger charge is 2.08. The topological polar surface area (TPSA) is 43.1 Å². The SMILES string of the molecule is NCc1ccc(C(=O)c2cccc(Cl)c2)cc1. The highest BCUT2D eigenvalue weighted by Crippen LogP contribution is 2.15. The zero-order valence-electron chi connectivity index (χ0n) is 9.19. The molecule has 0 bridgehead atoms. The lowest BCUT2D eigenvalue weighted by Crippen LogP contribution is -2.02. The largest absolute Gasteiger partial charge is 0.326 e. The molecule has 0 heterocycles. The molecule has 0 spiro atoms. The molecule has 0 atom stereocenters. The van der Waals surface area contributed by atoms with Gasteiger partial charge < -0.3 is 5.73 Å². The predicted molar refractivity (Wildman–Crippen MR) is 69.2 cm³/mol. The Hall–Kier alpha value is -1.64. The number of hydrogen-bond acceptors (Lipinski definition) is 2. The van der Waals surface area contributed by atoms with Gasteiger partial charge in [0.1, 0.15) is 0 Å². The molecule has 0 unspecified atom stereocenters. The Morgan fingerprint density at radius 2 is 1.76 bits per heavy atom. The van der Waals surface area contributed by atoms with Crippen molar-refractivity contribution >= 4 is 17.4 Å². The Labute approximate surface area is 105 Å². The third-order valence-corrected chi connectivity index (χ3v) is 2.77. The molecule has 0 fully saturated rings. The number of carbonyl (C=O) groups is 1. The molecule has 0 aliphatic heterocycles. The van der Waals surface area contributed by atoms with Crippen LogP contribution in [-0.4, -0.2) is 5.78 Å². The van der Waals surface area contributed by atoms with Crippen molar-refractivity contribution in [3.05, 3.63) is 70.2 Å². The minimum atomic E-state index is -0.0314. The number of nitrogens with two attached hydrogens (primary N) is 1. The predicted octanol–water partition coefficient (Wildman–Crippen LogP) is 3.03. The van der Waals surface area contributed by atoms with E-state index in [1.54, 1.807) is 36.4 Å². The minimum Gasteiger partial charge on any atom is -0.326 e. The van der Waals surface area contributed by atoms with Crippen molar-refractivity contribution in [1.29, 1.82) is 0 Å². The fraction of sp³-hybridized carbons (Fsp3) is 0.0714. The molecule has 0 saturated heterocycles. The monoisotopic (exact) mass is 245 g/mol. The molecule has 2 N–H and O–H groups in total. The molecule has 0 saturated carbocycles. The smallest absolute Gasteiger partial charge is 0.193 e. The Balaban J connectivity index is 2.30. The van der Waals surface area contributed by atoms with Gasteiger partial charge in [-0.05, 0) is 17.7 Å². The standard InChI is InChI=1S/C14H12ClNO/c15-13-3-1-2-12(8-13)14(17)11-6-4-10(9-16)5-7-11/h1-8H,9,16H2. The van der Waals surface area contributed by atoms with E-state index in [0.717, 1.165) is 5.56 Å². The van der Waals surface area contributed by atoms with Crippen LogP contribution in [0.2, 0.25) is 5.02 Å². The summed E-state index contributed by atoms with van der Waals surface area (Å²) in [6.07, 6.45) is 0. The van der Waals surface area contributed by atoms with Crippen molar-refractivity contribution in [1.82, 2.24) is 0 Å². The van der Waals surface area contributed by atoms with Gasteiger partial charge in [0.2, 0.25) is 0 Å². The molecule has 0 aliphatic rings. The zero-order valence-corrected chi connectivity index (χ0v) is 9.95. The fourth-order valence-electron chi connectivity index (χ4n) is 1.59. The third kappa shape index (κ3) is 2.73. The first kappa shape index (κ1) is 11.8. The molecule has 0 aromatic heterocycles. The Morgan fingerprint density at radius 1 is 1.06 bits per heavy atom. The molecule has 0 amide bonds. The van der Waals surface area contributed by atoms with Gasteiger partial charge >= 0.3 is 0 Å². The molecule has 2 aromatic carbocycles. The second kappa shape index (κ2) is 5.13. The summed E-state index contributed by atoms with van der Waals surface area (Å²) in [6, 6.07) is 14.2. The van der Waals surface area contributed by atoms with Crippen molar-refractivity contribution in [2.24, 2.45) is 5.73 Å². The summed E-state index contributed by atoms with van der Waals surface area (Å²) >= 11 is 5.86. The molecule has 2 aromatic rings. The van der Waals surface area contributed by atoms with Crippen LogP contribution < -0.4 is 5.73 Å². The molecule has 86 valence electrons. The summed E-state index contributed by atoms with van der Waals surface area (Å²) in [4.78, 5) is 12.1. The summed E-state index contributed by atoms with van der Waals surface area (Å²) in [7, 11) is 0. The van der Waals surface area contributed by atoms with E-state index in [4.69, 9.17) is 17.3 Å². The van der Waals surface area contributed by atoms with E-state index in [0.29, 0.717) is 22.7 Å². The van der Waals surface area contributed by atoms with Gasteiger partial charge in [-0.1, -0.05) is 48.0 Å². The Morgan fingerprint density at radius 3 is 2.35 bits per heavy atom. The maximum absolute atomic E-state index is 12.1. The van der Waals surface area contributed by atoms with Gasteiger partial charge in [-0.25, -0.2) is 0 Å². The fourth-order valence-corrected chi connectivity index (χ4v) is 1.78. The molecule has 0 radical (unpaired) electrons. The average molecular weight is 246 g/mol. The number of benzene rings is 2. The molecular weight excluding hydrogens is 234 g/mol. The van der Waals surface area contributed by atoms with E-state index in [-0.39, 0.29) is 5.78 Å². The van der Waals surface area contributed by atoms with Crippen LogP contribution >= 0.6 is 11.6 Å². The number of hydrogen-bond donors (Lipinski definition) is 1. The van der Waals surface area contributed by atoms with Gasteiger partial charge in [0.05, 0.1) is 0 Å². The summed E-state index contributed by atoms with van der Waals surface area (Å²) in [6.45, 7) is 0.478. The van der Waals surface area contributed by atoms with Gasteiger partial charge in [-0.3, -0.25) is 4.79 Å². The van der Waals surface area contributed by atoms with Gasteiger partial charge in [0.25, 0.3) is 0 Å². The Bertz CT molecular complexity index is 534. The molecule has 17 heavy (non-hydrogen) atoms. The van der Waals surface area contributed by atoms with E-state index < -0.39 is 0 Å². The summed E-state index contributed by atoms with van der Waals surface area (Å²) in [5.41, 5.74) is 7.75. The average Bonchev–Trinajstić information content (AvgIpc) is 2.38. The number of rotatable bonds is 3. The molecular formula is C14H12ClNO. The van der Waals surface area contributed by atoms with Crippen LogP contribution in [0.3, 0.4) is 0 Å². The number of halogens is 1. The molecule has 2 nitrogen and oxygen atoms in total. The Kier molecular flexibility index (Phi) is 3.57. The van der Waals surface area contributed by atoms with Crippen LogP contribution in [0.4, 0.5) is 0 Å². The van der Waals surface area contributed by atoms with Crippen LogP contribution in [0.15, 0.2) is 48.5 Å². The highest BCUT2D eigenvalue weighted by atomic mass is 35.5.